The van der Waals surface area contributed by atoms with E-state index in [2.05, 4.69) is 10.6 Å². The van der Waals surface area contributed by atoms with Gasteiger partial charge >= 0.3 is 0 Å². The molecule has 0 aliphatic rings. The fourth-order valence-corrected chi connectivity index (χ4v) is 1.34. The average Bonchev–Trinajstić information content (AvgIpc) is 2.20. The average molecular weight is 207 g/mol. The number of hydrogen-bond acceptors (Lipinski definition) is 3. The van der Waals surface area contributed by atoms with Crippen molar-refractivity contribution in [2.45, 2.75) is 6.92 Å². The fourth-order valence-electron chi connectivity index (χ4n) is 1.34. The Kier molecular flexibility index (Phi) is 4.12. The number of carbonyl (C=O) groups is 1. The quantitative estimate of drug-likeness (QED) is 0.623. The number of benzene rings is 1. The van der Waals surface area contributed by atoms with E-state index in [-0.39, 0.29) is 5.91 Å². The Labute approximate surface area is 89.9 Å². The molecule has 1 amide bonds. The molecule has 1 aromatic rings. The van der Waals surface area contributed by atoms with E-state index in [0.717, 1.165) is 24.3 Å². The summed E-state index contributed by atoms with van der Waals surface area (Å²) in [5, 5.41) is 6.32. The Morgan fingerprint density at radius 2 is 2.13 bits per heavy atom. The minimum Gasteiger partial charge on any atom is -0.384 e. The summed E-state index contributed by atoms with van der Waals surface area (Å²) in [6.07, 6.45) is 0. The van der Waals surface area contributed by atoms with Gasteiger partial charge in [0, 0.05) is 24.3 Å². The van der Waals surface area contributed by atoms with Crippen LogP contribution < -0.4 is 16.4 Å². The highest BCUT2D eigenvalue weighted by Crippen LogP contribution is 2.15. The summed E-state index contributed by atoms with van der Waals surface area (Å²) in [5.74, 6) is -0.389. The molecule has 0 saturated carbocycles. The molecule has 0 heterocycles. The molecule has 0 bridgehead atoms. The van der Waals surface area contributed by atoms with Gasteiger partial charge in [-0.05, 0) is 37.7 Å². The van der Waals surface area contributed by atoms with Gasteiger partial charge in [0.2, 0.25) is 5.91 Å². The molecule has 0 atom stereocenters. The summed E-state index contributed by atoms with van der Waals surface area (Å²) in [6.45, 7) is 3.71. The van der Waals surface area contributed by atoms with E-state index in [9.17, 15) is 4.79 Å². The van der Waals surface area contributed by atoms with E-state index in [1.807, 2.05) is 20.0 Å². The van der Waals surface area contributed by atoms with E-state index in [4.69, 9.17) is 5.73 Å². The molecule has 4 heteroatoms. The number of amides is 1. The predicted octanol–water partition coefficient (Wildman–Crippen LogP) is 0.725. The van der Waals surface area contributed by atoms with Crippen LogP contribution >= 0.6 is 0 Å². The molecule has 0 fully saturated rings. The van der Waals surface area contributed by atoms with Crippen LogP contribution in [0, 0.1) is 6.92 Å². The Morgan fingerprint density at radius 1 is 1.40 bits per heavy atom. The van der Waals surface area contributed by atoms with Gasteiger partial charge in [0.25, 0.3) is 0 Å². The summed E-state index contributed by atoms with van der Waals surface area (Å²) in [7, 11) is 1.91. The second-order valence-electron chi connectivity index (χ2n) is 3.42. The fraction of sp³-hybridized carbons (Fsp3) is 0.364. The third-order valence-corrected chi connectivity index (χ3v) is 2.20. The Hall–Kier alpha value is -1.55. The van der Waals surface area contributed by atoms with Crippen LogP contribution in [0.25, 0.3) is 0 Å². The molecule has 1 aromatic carbocycles. The molecule has 0 aliphatic heterocycles. The number of likely N-dealkylation sites (N-methyl/N-ethyl adjacent to an activating group) is 1. The number of nitrogens with two attached hydrogens (primary N) is 1. The molecular formula is C11H17N3O. The highest BCUT2D eigenvalue weighted by Gasteiger charge is 2.03. The van der Waals surface area contributed by atoms with Crippen LogP contribution in [0.5, 0.6) is 0 Å². The maximum absolute atomic E-state index is 10.9. The minimum atomic E-state index is -0.389. The lowest BCUT2D eigenvalue weighted by molar-refractivity contribution is 0.100. The molecule has 0 aromatic heterocycles. The molecule has 15 heavy (non-hydrogen) atoms. The Balaban J connectivity index is 2.70. The van der Waals surface area contributed by atoms with E-state index in [0.29, 0.717) is 5.56 Å². The first-order chi connectivity index (χ1) is 7.15. The smallest absolute Gasteiger partial charge is 0.248 e. The number of nitrogens with one attached hydrogen (secondary N) is 2. The van der Waals surface area contributed by atoms with Crippen molar-refractivity contribution in [2.75, 3.05) is 25.5 Å². The van der Waals surface area contributed by atoms with Gasteiger partial charge in [-0.1, -0.05) is 0 Å². The van der Waals surface area contributed by atoms with E-state index >= 15 is 0 Å². The van der Waals surface area contributed by atoms with Gasteiger partial charge in [-0.3, -0.25) is 4.79 Å². The van der Waals surface area contributed by atoms with Crippen LogP contribution in [0.4, 0.5) is 5.69 Å². The van der Waals surface area contributed by atoms with Crippen molar-refractivity contribution in [3.8, 4) is 0 Å². The lowest BCUT2D eigenvalue weighted by Crippen LogP contribution is -2.18. The van der Waals surface area contributed by atoms with Crippen LogP contribution in [0.15, 0.2) is 18.2 Å². The van der Waals surface area contributed by atoms with Crippen molar-refractivity contribution >= 4 is 11.6 Å². The Bertz CT molecular complexity index is 350. The highest BCUT2D eigenvalue weighted by molar-refractivity contribution is 5.93. The molecule has 0 spiro atoms. The van der Waals surface area contributed by atoms with Crippen LogP contribution in [-0.2, 0) is 0 Å². The normalized spacial score (nSPS) is 10.0. The van der Waals surface area contributed by atoms with Crippen molar-refractivity contribution in [1.29, 1.82) is 0 Å². The zero-order chi connectivity index (χ0) is 11.3. The van der Waals surface area contributed by atoms with Crippen LogP contribution in [0.1, 0.15) is 15.9 Å². The highest BCUT2D eigenvalue weighted by atomic mass is 16.1. The molecule has 0 saturated heterocycles. The van der Waals surface area contributed by atoms with Crippen molar-refractivity contribution in [2.24, 2.45) is 5.73 Å². The number of rotatable bonds is 5. The molecule has 0 radical (unpaired) electrons. The number of aryl methyl sites for hydroxylation is 1. The number of anilines is 1. The van der Waals surface area contributed by atoms with Crippen LogP contribution in [0.2, 0.25) is 0 Å². The molecule has 4 N–H and O–H groups in total. The second-order valence-corrected chi connectivity index (χ2v) is 3.42. The maximum atomic E-state index is 10.9. The zero-order valence-corrected chi connectivity index (χ0v) is 9.13. The first-order valence-electron chi connectivity index (χ1n) is 4.94. The first-order valence-corrected chi connectivity index (χ1v) is 4.94. The molecule has 82 valence electrons. The second kappa shape index (κ2) is 5.36. The molecule has 4 nitrogen and oxygen atoms in total. The maximum Gasteiger partial charge on any atom is 0.248 e. The summed E-state index contributed by atoms with van der Waals surface area (Å²) < 4.78 is 0. The van der Waals surface area contributed by atoms with Crippen molar-refractivity contribution in [1.82, 2.24) is 5.32 Å². The minimum absolute atomic E-state index is 0.389. The van der Waals surface area contributed by atoms with Crippen molar-refractivity contribution < 1.29 is 4.79 Å². The van der Waals surface area contributed by atoms with Crippen molar-refractivity contribution in [3.63, 3.8) is 0 Å². The first kappa shape index (κ1) is 11.5. The van der Waals surface area contributed by atoms with Crippen molar-refractivity contribution in [3.05, 3.63) is 29.3 Å². The van der Waals surface area contributed by atoms with Gasteiger partial charge < -0.3 is 16.4 Å². The molecular weight excluding hydrogens is 190 g/mol. The standard InChI is InChI=1S/C11H17N3O/c1-8-7-9(11(12)15)3-4-10(8)14-6-5-13-2/h3-4,7,13-14H,5-6H2,1-2H3,(H2,12,15). The number of primary amides is 1. The van der Waals surface area contributed by atoms with E-state index < -0.39 is 0 Å². The van der Waals surface area contributed by atoms with Crippen LogP contribution in [0.3, 0.4) is 0 Å². The molecule has 0 unspecified atom stereocenters. The van der Waals surface area contributed by atoms with E-state index in [1.165, 1.54) is 0 Å². The summed E-state index contributed by atoms with van der Waals surface area (Å²) in [5.41, 5.74) is 7.80. The lowest BCUT2D eigenvalue weighted by atomic mass is 10.1. The molecule has 1 rings (SSSR count). The van der Waals surface area contributed by atoms with Gasteiger partial charge in [-0.15, -0.1) is 0 Å². The largest absolute Gasteiger partial charge is 0.384 e. The number of hydrogen-bond donors (Lipinski definition) is 3. The van der Waals surface area contributed by atoms with Gasteiger partial charge in [-0.25, -0.2) is 0 Å². The lowest BCUT2D eigenvalue weighted by Gasteiger charge is -2.09. The monoisotopic (exact) mass is 207 g/mol. The van der Waals surface area contributed by atoms with Crippen LogP contribution in [-0.4, -0.2) is 26.0 Å². The van der Waals surface area contributed by atoms with Gasteiger partial charge in [-0.2, -0.15) is 0 Å². The third kappa shape index (κ3) is 3.25. The predicted molar refractivity (Wildman–Crippen MR) is 62.1 cm³/mol. The van der Waals surface area contributed by atoms with Gasteiger partial charge in [0.05, 0.1) is 0 Å². The summed E-state index contributed by atoms with van der Waals surface area (Å²) >= 11 is 0. The summed E-state index contributed by atoms with van der Waals surface area (Å²) in [4.78, 5) is 10.9. The van der Waals surface area contributed by atoms with Gasteiger partial charge in [0.1, 0.15) is 0 Å². The van der Waals surface area contributed by atoms with Gasteiger partial charge in [0.15, 0.2) is 0 Å². The molecule has 0 aliphatic carbocycles. The third-order valence-electron chi connectivity index (χ3n) is 2.20. The number of carbonyl (C=O) groups excluding carboxylic acids is 1. The van der Waals surface area contributed by atoms with E-state index in [1.54, 1.807) is 12.1 Å². The summed E-state index contributed by atoms with van der Waals surface area (Å²) in [6, 6.07) is 5.41. The Morgan fingerprint density at radius 3 is 2.67 bits per heavy atom. The zero-order valence-electron chi connectivity index (χ0n) is 9.13. The topological polar surface area (TPSA) is 67.2 Å². The SMILES string of the molecule is CNCCNc1ccc(C(N)=O)cc1C.